The average molecular weight is 254 g/mol. The van der Waals surface area contributed by atoms with Crippen molar-refractivity contribution in [1.29, 1.82) is 0 Å². The standard InChI is InChI=1S/C12H9ClFNO2/c13-7-3-4-8(14)10-9(7)11(16)12(17)15(10)5-6-1-2-6/h3-4,6H,1-2,5H2. The van der Waals surface area contributed by atoms with E-state index in [1.165, 1.54) is 17.0 Å². The third kappa shape index (κ3) is 1.55. The summed E-state index contributed by atoms with van der Waals surface area (Å²) in [6, 6.07) is 2.49. The van der Waals surface area contributed by atoms with E-state index in [1.807, 2.05) is 0 Å². The Morgan fingerprint density at radius 3 is 2.71 bits per heavy atom. The molecule has 1 heterocycles. The van der Waals surface area contributed by atoms with Crippen LogP contribution in [0.5, 0.6) is 0 Å². The van der Waals surface area contributed by atoms with Crippen molar-refractivity contribution >= 4 is 29.0 Å². The maximum atomic E-state index is 13.7. The van der Waals surface area contributed by atoms with E-state index in [0.29, 0.717) is 12.5 Å². The van der Waals surface area contributed by atoms with Crippen LogP contribution in [-0.4, -0.2) is 18.2 Å². The molecule has 0 atom stereocenters. The topological polar surface area (TPSA) is 37.4 Å². The van der Waals surface area contributed by atoms with Gasteiger partial charge in [0.05, 0.1) is 16.3 Å². The van der Waals surface area contributed by atoms with Crippen LogP contribution in [0.1, 0.15) is 23.2 Å². The van der Waals surface area contributed by atoms with Gasteiger partial charge in [-0.1, -0.05) is 11.6 Å². The summed E-state index contributed by atoms with van der Waals surface area (Å²) in [6.45, 7) is 0.412. The van der Waals surface area contributed by atoms with Crippen LogP contribution in [0, 0.1) is 11.7 Å². The number of carbonyl (C=O) groups is 2. The molecule has 3 rings (SSSR count). The molecule has 1 amide bonds. The van der Waals surface area contributed by atoms with Gasteiger partial charge in [-0.15, -0.1) is 0 Å². The van der Waals surface area contributed by atoms with E-state index in [2.05, 4.69) is 0 Å². The van der Waals surface area contributed by atoms with Gasteiger partial charge in [0.1, 0.15) is 5.82 Å². The van der Waals surface area contributed by atoms with E-state index in [0.717, 1.165) is 12.8 Å². The molecule has 0 unspecified atom stereocenters. The Kier molecular flexibility index (Phi) is 2.23. The van der Waals surface area contributed by atoms with Crippen LogP contribution in [0.25, 0.3) is 0 Å². The summed E-state index contributed by atoms with van der Waals surface area (Å²) in [5.74, 6) is -1.55. The largest absolute Gasteiger partial charge is 0.302 e. The molecule has 1 fully saturated rings. The van der Waals surface area contributed by atoms with Crippen LogP contribution in [0.4, 0.5) is 10.1 Å². The molecule has 1 aliphatic heterocycles. The molecule has 0 N–H and O–H groups in total. The molecule has 2 aliphatic rings. The van der Waals surface area contributed by atoms with Crippen LogP contribution in [0.3, 0.4) is 0 Å². The highest BCUT2D eigenvalue weighted by Gasteiger charge is 2.41. The van der Waals surface area contributed by atoms with Crippen molar-refractivity contribution in [1.82, 2.24) is 0 Å². The number of benzene rings is 1. The molecule has 1 aromatic carbocycles. The van der Waals surface area contributed by atoms with E-state index >= 15 is 0 Å². The zero-order chi connectivity index (χ0) is 12.2. The lowest BCUT2D eigenvalue weighted by atomic mass is 10.1. The molecule has 5 heteroatoms. The molecule has 1 aromatic rings. The van der Waals surface area contributed by atoms with Gasteiger partial charge in [0.15, 0.2) is 0 Å². The number of ketones is 1. The SMILES string of the molecule is O=C1C(=O)N(CC2CC2)c2c(F)ccc(Cl)c21. The molecule has 0 saturated heterocycles. The second-order valence-electron chi connectivity index (χ2n) is 4.44. The summed E-state index contributed by atoms with van der Waals surface area (Å²) >= 11 is 5.85. The number of carbonyl (C=O) groups excluding carboxylic acids is 2. The Bertz CT molecular complexity index is 540. The lowest BCUT2D eigenvalue weighted by Gasteiger charge is -2.16. The predicted molar refractivity (Wildman–Crippen MR) is 60.8 cm³/mol. The van der Waals surface area contributed by atoms with E-state index < -0.39 is 17.5 Å². The van der Waals surface area contributed by atoms with E-state index in [9.17, 15) is 14.0 Å². The van der Waals surface area contributed by atoms with Crippen LogP contribution in [-0.2, 0) is 4.79 Å². The van der Waals surface area contributed by atoms with Crippen molar-refractivity contribution in [2.24, 2.45) is 5.92 Å². The van der Waals surface area contributed by atoms with Crippen LogP contribution in [0.15, 0.2) is 12.1 Å². The van der Waals surface area contributed by atoms with Crippen molar-refractivity contribution in [3.8, 4) is 0 Å². The van der Waals surface area contributed by atoms with Gasteiger partial charge in [0, 0.05) is 6.54 Å². The number of halogens is 2. The maximum Gasteiger partial charge on any atom is 0.299 e. The summed E-state index contributed by atoms with van der Waals surface area (Å²) in [5, 5.41) is 0.137. The third-order valence-corrected chi connectivity index (χ3v) is 3.47. The molecule has 1 saturated carbocycles. The van der Waals surface area contributed by atoms with Gasteiger partial charge in [0.25, 0.3) is 11.7 Å². The monoisotopic (exact) mass is 253 g/mol. The second-order valence-corrected chi connectivity index (χ2v) is 4.85. The van der Waals surface area contributed by atoms with E-state index in [4.69, 9.17) is 11.6 Å². The quantitative estimate of drug-likeness (QED) is 0.759. The number of amides is 1. The van der Waals surface area contributed by atoms with E-state index in [1.54, 1.807) is 0 Å². The first-order valence-corrected chi connectivity index (χ1v) is 5.81. The molecule has 0 radical (unpaired) electrons. The number of anilines is 1. The Morgan fingerprint density at radius 2 is 2.06 bits per heavy atom. The fourth-order valence-corrected chi connectivity index (χ4v) is 2.32. The highest BCUT2D eigenvalue weighted by molar-refractivity contribution is 6.55. The first-order valence-electron chi connectivity index (χ1n) is 5.44. The van der Waals surface area contributed by atoms with Gasteiger partial charge < -0.3 is 4.90 Å². The molecule has 0 spiro atoms. The fourth-order valence-electron chi connectivity index (χ4n) is 2.08. The molecule has 17 heavy (non-hydrogen) atoms. The van der Waals surface area contributed by atoms with Gasteiger partial charge >= 0.3 is 0 Å². The summed E-state index contributed by atoms with van der Waals surface area (Å²) in [5.41, 5.74) is 0.0664. The number of Topliss-reactive ketones (excluding diaryl/α,β-unsaturated/α-hetero) is 1. The number of nitrogens with zero attached hydrogens (tertiary/aromatic N) is 1. The summed E-state index contributed by atoms with van der Waals surface area (Å²) in [6.07, 6.45) is 2.05. The minimum atomic E-state index is -0.704. The number of hydrogen-bond donors (Lipinski definition) is 0. The molecular formula is C12H9ClFNO2. The van der Waals surface area contributed by atoms with Crippen molar-refractivity contribution in [3.05, 3.63) is 28.5 Å². The minimum absolute atomic E-state index is 0.0114. The first kappa shape index (κ1) is 10.7. The first-order chi connectivity index (χ1) is 8.09. The lowest BCUT2D eigenvalue weighted by molar-refractivity contribution is -0.114. The van der Waals surface area contributed by atoms with Crippen LogP contribution in [0.2, 0.25) is 5.02 Å². The Hall–Kier alpha value is -1.42. The molecule has 3 nitrogen and oxygen atoms in total. The highest BCUT2D eigenvalue weighted by atomic mass is 35.5. The summed E-state index contributed by atoms with van der Waals surface area (Å²) in [7, 11) is 0. The lowest BCUT2D eigenvalue weighted by Crippen LogP contribution is -2.32. The number of rotatable bonds is 2. The molecule has 1 aliphatic carbocycles. The minimum Gasteiger partial charge on any atom is -0.302 e. The Labute approximate surface area is 102 Å². The predicted octanol–water partition coefficient (Wildman–Crippen LogP) is 2.42. The maximum absolute atomic E-state index is 13.7. The van der Waals surface area contributed by atoms with Crippen LogP contribution < -0.4 is 4.90 Å². The summed E-state index contributed by atoms with van der Waals surface area (Å²) < 4.78 is 13.7. The van der Waals surface area contributed by atoms with Crippen molar-refractivity contribution in [2.45, 2.75) is 12.8 Å². The average Bonchev–Trinajstić information content (AvgIpc) is 3.07. The zero-order valence-corrected chi connectivity index (χ0v) is 9.63. The van der Waals surface area contributed by atoms with Crippen molar-refractivity contribution < 1.29 is 14.0 Å². The summed E-state index contributed by atoms with van der Waals surface area (Å²) in [4.78, 5) is 24.8. The molecule has 88 valence electrons. The van der Waals surface area contributed by atoms with Gasteiger partial charge in [-0.25, -0.2) is 4.39 Å². The number of hydrogen-bond acceptors (Lipinski definition) is 2. The molecular weight excluding hydrogens is 245 g/mol. The number of fused-ring (bicyclic) bond motifs is 1. The van der Waals surface area contributed by atoms with Crippen molar-refractivity contribution in [2.75, 3.05) is 11.4 Å². The van der Waals surface area contributed by atoms with Gasteiger partial charge in [-0.05, 0) is 30.9 Å². The Morgan fingerprint density at radius 1 is 1.35 bits per heavy atom. The Balaban J connectivity index is 2.13. The fraction of sp³-hybridized carbons (Fsp3) is 0.333. The van der Waals surface area contributed by atoms with Gasteiger partial charge in [0.2, 0.25) is 0 Å². The molecule has 0 aromatic heterocycles. The third-order valence-electron chi connectivity index (χ3n) is 3.15. The second kappa shape index (κ2) is 3.53. The highest BCUT2D eigenvalue weighted by Crippen LogP contribution is 2.39. The normalized spacial score (nSPS) is 18.8. The van der Waals surface area contributed by atoms with E-state index in [-0.39, 0.29) is 16.3 Å². The molecule has 0 bridgehead atoms. The smallest absolute Gasteiger partial charge is 0.299 e. The van der Waals surface area contributed by atoms with Crippen molar-refractivity contribution in [3.63, 3.8) is 0 Å². The van der Waals surface area contributed by atoms with Crippen LogP contribution >= 0.6 is 11.6 Å². The zero-order valence-electron chi connectivity index (χ0n) is 8.87. The van der Waals surface area contributed by atoms with Gasteiger partial charge in [-0.3, -0.25) is 9.59 Å². The van der Waals surface area contributed by atoms with Gasteiger partial charge in [-0.2, -0.15) is 0 Å².